The molecule has 8 atom stereocenters. The Morgan fingerprint density at radius 1 is 0.941 bits per heavy atom. The van der Waals surface area contributed by atoms with Gasteiger partial charge in [-0.3, -0.25) is 47.5 Å². The van der Waals surface area contributed by atoms with E-state index in [2.05, 4.69) is 47.5 Å². The fraction of sp³-hybridized carbons (Fsp3) is 0.647. The number of urea groups is 1. The van der Waals surface area contributed by atoms with Crippen LogP contribution in [0.2, 0.25) is 0 Å². The lowest BCUT2D eigenvalue weighted by Crippen LogP contribution is -2.63. The molecule has 0 bridgehead atoms. The number of carbonyl (C=O) groups is 9. The number of carboxylic acid groups (broad SMARTS) is 1. The van der Waals surface area contributed by atoms with Crippen molar-refractivity contribution in [3.8, 4) is 0 Å². The minimum absolute atomic E-state index is 0.0350. The van der Waals surface area contributed by atoms with Gasteiger partial charge in [-0.2, -0.15) is 8.42 Å². The minimum Gasteiger partial charge on any atom is -0.481 e. The molecule has 1 saturated heterocycles. The summed E-state index contributed by atoms with van der Waals surface area (Å²) in [6.07, 6.45) is -1.80. The number of primary amides is 1. The second-order valence-corrected chi connectivity index (χ2v) is 16.1. The van der Waals surface area contributed by atoms with E-state index >= 15 is 0 Å². The van der Waals surface area contributed by atoms with E-state index in [0.29, 0.717) is 25.6 Å². The van der Waals surface area contributed by atoms with Crippen LogP contribution >= 0.6 is 0 Å². The highest BCUT2D eigenvalue weighted by molar-refractivity contribution is 7.79. The van der Waals surface area contributed by atoms with E-state index in [1.165, 1.54) is 13.8 Å². The van der Waals surface area contributed by atoms with Gasteiger partial charge in [0, 0.05) is 43.6 Å². The zero-order valence-corrected chi connectivity index (χ0v) is 37.5. The molecule has 2 aliphatic heterocycles. The molecule has 0 radical (unpaired) electrons. The fourth-order valence-corrected chi connectivity index (χ4v) is 5.27. The van der Waals surface area contributed by atoms with Crippen molar-refractivity contribution in [1.29, 1.82) is 0 Å². The number of rotatable bonds is 16. The zero-order chi connectivity index (χ0) is 52.5. The van der Waals surface area contributed by atoms with Gasteiger partial charge in [-0.05, 0) is 19.4 Å². The van der Waals surface area contributed by atoms with Crippen molar-refractivity contribution in [3.05, 3.63) is 11.9 Å². The molecular weight excluding hydrogens is 941 g/mol. The number of aliphatic imine (C=N–C) groups is 1. The number of aliphatic hydroxyl groups is 5. The molecular formula is C34H62N14O19S. The van der Waals surface area contributed by atoms with Crippen LogP contribution in [0.3, 0.4) is 0 Å². The van der Waals surface area contributed by atoms with Crippen molar-refractivity contribution in [1.82, 2.24) is 47.9 Å². The van der Waals surface area contributed by atoms with Gasteiger partial charge in [0.25, 0.3) is 5.91 Å². The summed E-state index contributed by atoms with van der Waals surface area (Å²) in [6.45, 7) is 0.336. The van der Waals surface area contributed by atoms with Crippen molar-refractivity contribution in [3.63, 3.8) is 0 Å². The molecule has 2 heterocycles. The maximum absolute atomic E-state index is 13.6. The molecule has 0 saturated carbocycles. The summed E-state index contributed by atoms with van der Waals surface area (Å²) >= 11 is 0. The summed E-state index contributed by atoms with van der Waals surface area (Å²) in [7, 11) is -4.67. The molecule has 2 rings (SSSR count). The molecule has 34 heteroatoms. The molecule has 68 heavy (non-hydrogen) atoms. The topological polar surface area (TPSA) is 574 Å². The first-order chi connectivity index (χ1) is 31.5. The van der Waals surface area contributed by atoms with Gasteiger partial charge in [-0.15, -0.1) is 0 Å². The Labute approximate surface area is 387 Å². The molecule has 1 fully saturated rings. The summed E-state index contributed by atoms with van der Waals surface area (Å²) in [4.78, 5) is 116. The van der Waals surface area contributed by atoms with Gasteiger partial charge in [-0.25, -0.2) is 9.79 Å². The van der Waals surface area contributed by atoms with Crippen LogP contribution in [-0.4, -0.2) is 196 Å². The summed E-state index contributed by atoms with van der Waals surface area (Å²) in [5, 5.41) is 76.6. The number of hydrogen-bond acceptors (Lipinski definition) is 21. The summed E-state index contributed by atoms with van der Waals surface area (Å²) in [6, 6.07) is -9.80. The summed E-state index contributed by atoms with van der Waals surface area (Å²) in [5.74, 6) is -8.38. The first kappa shape index (κ1) is 61.6. The number of carboxylic acids is 1. The van der Waals surface area contributed by atoms with Crippen LogP contribution in [-0.2, 0) is 48.8 Å². The van der Waals surface area contributed by atoms with Gasteiger partial charge in [0.1, 0.15) is 42.2 Å². The van der Waals surface area contributed by atoms with Crippen LogP contribution in [0.5, 0.6) is 0 Å². The third-order valence-corrected chi connectivity index (χ3v) is 8.92. The molecule has 0 spiro atoms. The number of amides is 9. The summed E-state index contributed by atoms with van der Waals surface area (Å²) < 4.78 is 31.6. The smallest absolute Gasteiger partial charge is 0.394 e. The molecule has 9 amide bonds. The highest BCUT2D eigenvalue weighted by Crippen LogP contribution is 2.19. The first-order valence-corrected chi connectivity index (χ1v) is 21.4. The normalized spacial score (nSPS) is 23.2. The van der Waals surface area contributed by atoms with Gasteiger partial charge >= 0.3 is 22.4 Å². The third-order valence-electron chi connectivity index (χ3n) is 8.92. The van der Waals surface area contributed by atoms with E-state index in [1.54, 1.807) is 0 Å². The predicted molar refractivity (Wildman–Crippen MR) is 230 cm³/mol. The predicted octanol–water partition coefficient (Wildman–Crippen LogP) is -10.6. The first-order valence-electron chi connectivity index (χ1n) is 20.0. The van der Waals surface area contributed by atoms with Gasteiger partial charge in [0.05, 0.1) is 32.3 Å². The van der Waals surface area contributed by atoms with Crippen molar-refractivity contribution in [2.75, 3.05) is 39.5 Å². The standard InChI is InChI=1S/C25H43N13O10.C9H17NO5.H2O4S/c26-3-1-2-10(27)4-16(41)32-12-6-30-23(47)18(11-5-17(42)37-24(28)36-11)38-20(44)13(7-31-25(29)48)33-21(45)14(8-39)35-22(46)15(9-40)34-19(12)43;1-9(2,5-11)7(14)8(15)10-4-3-6(12)13;1-5(2,3)4/h7,10-12,14-15,17-18,39-40,42H,1-6,8-9,26-27H2,(H,30,47)(H,32,41)(H,33,45)(H,34,43)(H,35,46)(H,38,44)(H3,28,36,37)(H3,29,31,48);7,11,14H,3-5H2,1-2H3,(H,10,15)(H,12,13);(H2,1,2,3,4)/b13-7-;;/t10-,11+,12-,14-,15-,17-,18-;7-;/m00./s1. The van der Waals surface area contributed by atoms with Crippen LogP contribution in [0.15, 0.2) is 16.9 Å². The SMILES string of the molecule is CC(C)(CO)[C@@H](O)C(=O)NCCC(=O)O.NCCC[C@H](N)CC(=O)N[C@H]1CNC(=O)[C@H]([C@H]2C[C@H](O)NC(N)=N2)NC(=O)/C(=C/NC(N)=O)NC(=O)[C@H](CO)NC(=O)[C@H](CO)NC1=O.O=S(=O)(O)O. The van der Waals surface area contributed by atoms with Crippen LogP contribution in [0.4, 0.5) is 4.79 Å². The average Bonchev–Trinajstić information content (AvgIpc) is 3.23. The van der Waals surface area contributed by atoms with Crippen LogP contribution in [0, 0.1) is 5.41 Å². The largest absolute Gasteiger partial charge is 0.481 e. The Balaban J connectivity index is 0.00000186. The lowest BCUT2D eigenvalue weighted by atomic mass is 9.87. The number of nitrogens with zero attached hydrogens (tertiary/aromatic N) is 1. The van der Waals surface area contributed by atoms with Crippen LogP contribution in [0.25, 0.3) is 0 Å². The van der Waals surface area contributed by atoms with E-state index in [-0.39, 0.29) is 38.4 Å². The molecule has 0 aromatic carbocycles. The Morgan fingerprint density at radius 3 is 2.03 bits per heavy atom. The lowest BCUT2D eigenvalue weighted by molar-refractivity contribution is -0.139. The number of hydrogen-bond donors (Lipinski definition) is 21. The van der Waals surface area contributed by atoms with E-state index < -0.39 is 143 Å². The molecule has 33 nitrogen and oxygen atoms in total. The highest BCUT2D eigenvalue weighted by Gasteiger charge is 2.37. The van der Waals surface area contributed by atoms with Crippen molar-refractivity contribution in [2.45, 2.75) is 94.5 Å². The van der Waals surface area contributed by atoms with Gasteiger partial charge in [0.15, 0.2) is 5.96 Å². The fourth-order valence-electron chi connectivity index (χ4n) is 5.27. The quantitative estimate of drug-likeness (QED) is 0.0504. The highest BCUT2D eigenvalue weighted by atomic mass is 32.3. The Hall–Kier alpha value is -6.37. The number of nitrogens with two attached hydrogens (primary N) is 4. The van der Waals surface area contributed by atoms with Crippen LogP contribution < -0.4 is 70.8 Å². The second kappa shape index (κ2) is 30.1. The second-order valence-electron chi connectivity index (χ2n) is 15.2. The maximum Gasteiger partial charge on any atom is 0.394 e. The maximum atomic E-state index is 13.6. The van der Waals surface area contributed by atoms with Crippen molar-refractivity contribution < 1.29 is 91.3 Å². The molecule has 25 N–H and O–H groups in total. The van der Waals surface area contributed by atoms with Gasteiger partial charge in [-0.1, -0.05) is 13.8 Å². The third kappa shape index (κ3) is 25.0. The number of carbonyl (C=O) groups excluding carboxylic acids is 8. The Morgan fingerprint density at radius 2 is 1.51 bits per heavy atom. The molecule has 0 aliphatic carbocycles. The Kier molecular flexibility index (Phi) is 27.3. The van der Waals surface area contributed by atoms with E-state index in [9.17, 15) is 63.6 Å². The number of guanidine groups is 1. The summed E-state index contributed by atoms with van der Waals surface area (Å²) in [5.41, 5.74) is 20.5. The van der Waals surface area contributed by atoms with E-state index in [0.717, 1.165) is 0 Å². The molecule has 0 aromatic rings. The number of aliphatic carboxylic acids is 1. The number of nitrogens with one attached hydrogen (secondary N) is 9. The Bertz CT molecular complexity index is 1930. The molecule has 0 unspecified atom stereocenters. The average molecular weight is 1000 g/mol. The van der Waals surface area contributed by atoms with Gasteiger partial charge < -0.3 is 101 Å². The number of aliphatic hydroxyl groups excluding tert-OH is 5. The van der Waals surface area contributed by atoms with Crippen LogP contribution in [0.1, 0.15) is 46.0 Å². The van der Waals surface area contributed by atoms with E-state index in [4.69, 9.17) is 50.7 Å². The monoisotopic (exact) mass is 1000 g/mol. The molecule has 388 valence electrons. The zero-order valence-electron chi connectivity index (χ0n) is 36.7. The molecule has 2 aliphatic rings. The molecule has 0 aromatic heterocycles. The van der Waals surface area contributed by atoms with Gasteiger partial charge in [0.2, 0.25) is 35.4 Å². The minimum atomic E-state index is -4.67. The van der Waals surface area contributed by atoms with Crippen molar-refractivity contribution in [2.24, 2.45) is 33.3 Å². The van der Waals surface area contributed by atoms with Crippen molar-refractivity contribution >= 4 is 69.7 Å². The van der Waals surface area contributed by atoms with E-state index in [1.807, 2.05) is 5.32 Å². The lowest BCUT2D eigenvalue weighted by Gasteiger charge is -2.31.